The van der Waals surface area contributed by atoms with Crippen molar-refractivity contribution < 1.29 is 0 Å². The molecule has 0 saturated carbocycles. The normalized spacial score (nSPS) is 16.5. The highest BCUT2D eigenvalue weighted by Crippen LogP contribution is 2.38. The van der Waals surface area contributed by atoms with Crippen molar-refractivity contribution in [3.63, 3.8) is 0 Å². The lowest BCUT2D eigenvalue weighted by molar-refractivity contribution is 0.465. The van der Waals surface area contributed by atoms with Crippen molar-refractivity contribution >= 4 is 29.0 Å². The molecule has 1 unspecified atom stereocenters. The third-order valence-corrected chi connectivity index (χ3v) is 10.9. The number of fused-ring (bicyclic) bond motifs is 2. The Bertz CT molecular complexity index is 2060. The van der Waals surface area contributed by atoms with Crippen LogP contribution in [0.3, 0.4) is 0 Å². The predicted molar refractivity (Wildman–Crippen MR) is 219 cm³/mol. The van der Waals surface area contributed by atoms with Crippen molar-refractivity contribution in [2.45, 2.75) is 96.9 Å². The van der Waals surface area contributed by atoms with Crippen molar-refractivity contribution in [1.29, 1.82) is 0 Å². The van der Waals surface area contributed by atoms with Gasteiger partial charge in [-0.3, -0.25) is 0 Å². The van der Waals surface area contributed by atoms with Gasteiger partial charge in [0.1, 0.15) is 0 Å². The van der Waals surface area contributed by atoms with E-state index in [0.29, 0.717) is 0 Å². The van der Waals surface area contributed by atoms with Gasteiger partial charge in [0.05, 0.1) is 17.1 Å². The third-order valence-electron chi connectivity index (χ3n) is 10.9. The largest absolute Gasteiger partial charge is 0.363 e. The van der Waals surface area contributed by atoms with Gasteiger partial charge in [0.15, 0.2) is 0 Å². The molecule has 1 aliphatic heterocycles. The minimum Gasteiger partial charge on any atom is -0.363 e. The summed E-state index contributed by atoms with van der Waals surface area (Å²) in [5.41, 5.74) is 14.0. The standard InChI is InChI=1S/C49H54N2/c1-4-6-8-12-18-36-24-28-40(29-25-36)46-32-42(38-20-14-10-15-21-38)44-35-49-45(33-47(44)50-46)43(39-22-16-11-17-23-39)34-48(51(49)3)41-30-26-37(27-31-41)19-13-9-7-5-2/h11,14,16-17,20-35,49H,4-10,12-13,15,18-19H2,1-3H3. The first kappa shape index (κ1) is 34.7. The van der Waals surface area contributed by atoms with Gasteiger partial charge in [0.2, 0.25) is 0 Å². The molecule has 0 radical (unpaired) electrons. The van der Waals surface area contributed by atoms with E-state index in [0.717, 1.165) is 36.7 Å². The second kappa shape index (κ2) is 16.6. The zero-order valence-corrected chi connectivity index (χ0v) is 31.0. The number of hydrogen-bond donors (Lipinski definition) is 0. The number of likely N-dealkylation sites (N-methyl/N-ethyl adjacent to an activating group) is 1. The van der Waals surface area contributed by atoms with Crippen molar-refractivity contribution in [3.05, 3.63) is 153 Å². The fourth-order valence-electron chi connectivity index (χ4n) is 7.92. The van der Waals surface area contributed by atoms with Gasteiger partial charge in [-0.15, -0.1) is 0 Å². The lowest BCUT2D eigenvalue weighted by atomic mass is 9.84. The number of aryl methyl sites for hydroxylation is 2. The number of benzene rings is 3. The minimum atomic E-state index is 0.0907. The fraction of sp³-hybridized carbons (Fsp3) is 0.327. The van der Waals surface area contributed by atoms with E-state index in [1.54, 1.807) is 0 Å². The molecule has 0 bridgehead atoms. The highest BCUT2D eigenvalue weighted by atomic mass is 15.1. The second-order valence-corrected chi connectivity index (χ2v) is 14.6. The maximum Gasteiger partial charge on any atom is 0.0740 e. The quantitative estimate of drug-likeness (QED) is 0.124. The molecule has 0 saturated heterocycles. The van der Waals surface area contributed by atoms with Crippen molar-refractivity contribution in [1.82, 2.24) is 9.88 Å². The Morgan fingerprint density at radius 2 is 1.35 bits per heavy atom. The molecule has 1 atom stereocenters. The third kappa shape index (κ3) is 7.96. The Morgan fingerprint density at radius 3 is 1.98 bits per heavy atom. The maximum atomic E-state index is 5.41. The van der Waals surface area contributed by atoms with Crippen molar-refractivity contribution in [3.8, 4) is 11.3 Å². The summed E-state index contributed by atoms with van der Waals surface area (Å²) in [6, 6.07) is 31.9. The summed E-state index contributed by atoms with van der Waals surface area (Å²) in [7, 11) is 2.26. The lowest BCUT2D eigenvalue weighted by Gasteiger charge is -2.37. The molecule has 51 heavy (non-hydrogen) atoms. The number of pyridine rings is 1. The Labute approximate surface area is 306 Å². The molecule has 2 nitrogen and oxygen atoms in total. The SMILES string of the molecule is CCCCCCc1ccc(C2=CC(c3ccccc3)=C3C=c4nc(-c5ccc(CCCCCC)cc5)cc(C5=CCCC=C5)c4=CC3N2C)cc1. The Balaban J connectivity index is 1.32. The van der Waals surface area contributed by atoms with Crippen LogP contribution in [0.2, 0.25) is 0 Å². The van der Waals surface area contributed by atoms with E-state index in [4.69, 9.17) is 4.98 Å². The van der Waals surface area contributed by atoms with Gasteiger partial charge in [-0.25, -0.2) is 4.98 Å². The number of unbranched alkanes of at least 4 members (excludes halogenated alkanes) is 6. The van der Waals surface area contributed by atoms with E-state index in [-0.39, 0.29) is 6.04 Å². The summed E-state index contributed by atoms with van der Waals surface area (Å²) in [5.74, 6) is 0. The summed E-state index contributed by atoms with van der Waals surface area (Å²) in [6.07, 6.45) is 29.1. The van der Waals surface area contributed by atoms with Crippen LogP contribution < -0.4 is 10.6 Å². The van der Waals surface area contributed by atoms with Crippen molar-refractivity contribution in [2.24, 2.45) is 0 Å². The van der Waals surface area contributed by atoms with Gasteiger partial charge in [-0.1, -0.05) is 149 Å². The molecule has 2 aliphatic carbocycles. The molecule has 1 aromatic heterocycles. The van der Waals surface area contributed by atoms with E-state index in [2.05, 4.69) is 147 Å². The van der Waals surface area contributed by atoms with Crippen LogP contribution in [0.1, 0.15) is 106 Å². The predicted octanol–water partition coefficient (Wildman–Crippen LogP) is 11.1. The van der Waals surface area contributed by atoms with Crippen LogP contribution in [0.5, 0.6) is 0 Å². The minimum absolute atomic E-state index is 0.0907. The molecule has 4 aromatic rings. The van der Waals surface area contributed by atoms with Crippen LogP contribution in [0.25, 0.3) is 40.3 Å². The fourth-order valence-corrected chi connectivity index (χ4v) is 7.92. The highest BCUT2D eigenvalue weighted by molar-refractivity contribution is 5.94. The summed E-state index contributed by atoms with van der Waals surface area (Å²) >= 11 is 0. The topological polar surface area (TPSA) is 16.1 Å². The van der Waals surface area contributed by atoms with E-state index in [1.165, 1.54) is 112 Å². The lowest BCUT2D eigenvalue weighted by Crippen LogP contribution is -2.43. The Morgan fingerprint density at radius 1 is 0.686 bits per heavy atom. The summed E-state index contributed by atoms with van der Waals surface area (Å²) in [5, 5.41) is 2.30. The maximum absolute atomic E-state index is 5.41. The number of aromatic nitrogens is 1. The van der Waals surface area contributed by atoms with Gasteiger partial charge < -0.3 is 4.90 Å². The first-order valence-electron chi connectivity index (χ1n) is 19.7. The number of allylic oxidation sites excluding steroid dienone is 6. The monoisotopic (exact) mass is 670 g/mol. The van der Waals surface area contributed by atoms with Crippen LogP contribution in [0.4, 0.5) is 0 Å². The molecule has 3 aliphatic rings. The van der Waals surface area contributed by atoms with E-state index >= 15 is 0 Å². The average molecular weight is 671 g/mol. The number of rotatable bonds is 14. The molecule has 2 heterocycles. The Kier molecular flexibility index (Phi) is 11.3. The van der Waals surface area contributed by atoms with E-state index in [9.17, 15) is 0 Å². The van der Waals surface area contributed by atoms with Gasteiger partial charge in [0.25, 0.3) is 0 Å². The summed E-state index contributed by atoms with van der Waals surface area (Å²) < 4.78 is 0. The zero-order chi connectivity index (χ0) is 35.0. The first-order valence-corrected chi connectivity index (χ1v) is 19.7. The van der Waals surface area contributed by atoms with E-state index < -0.39 is 0 Å². The van der Waals surface area contributed by atoms with Crippen LogP contribution in [0.15, 0.2) is 115 Å². The average Bonchev–Trinajstić information content (AvgIpc) is 3.18. The molecule has 0 amide bonds. The molecular formula is C49H54N2. The summed E-state index contributed by atoms with van der Waals surface area (Å²) in [4.78, 5) is 7.88. The smallest absolute Gasteiger partial charge is 0.0740 e. The number of hydrogen-bond acceptors (Lipinski definition) is 2. The second-order valence-electron chi connectivity index (χ2n) is 14.6. The van der Waals surface area contributed by atoms with Gasteiger partial charge >= 0.3 is 0 Å². The van der Waals surface area contributed by atoms with Gasteiger partial charge in [0, 0.05) is 23.5 Å². The van der Waals surface area contributed by atoms with Crippen molar-refractivity contribution in [2.75, 3.05) is 7.05 Å². The molecule has 0 N–H and O–H groups in total. The van der Waals surface area contributed by atoms with Crippen LogP contribution in [-0.2, 0) is 12.8 Å². The van der Waals surface area contributed by atoms with Gasteiger partial charge in [-0.2, -0.15) is 0 Å². The molecular weight excluding hydrogens is 617 g/mol. The number of nitrogens with zero attached hydrogens (tertiary/aromatic N) is 2. The molecule has 260 valence electrons. The van der Waals surface area contributed by atoms with Gasteiger partial charge in [-0.05, 0) is 107 Å². The van der Waals surface area contributed by atoms with Crippen LogP contribution >= 0.6 is 0 Å². The first-order chi connectivity index (χ1) is 25.1. The van der Waals surface area contributed by atoms with E-state index in [1.807, 2.05) is 0 Å². The van der Waals surface area contributed by atoms with Crippen LogP contribution in [0, 0.1) is 0 Å². The molecule has 2 heteroatoms. The molecule has 0 fully saturated rings. The molecule has 3 aromatic carbocycles. The summed E-state index contributed by atoms with van der Waals surface area (Å²) in [6.45, 7) is 4.55. The molecule has 7 rings (SSSR count). The highest BCUT2D eigenvalue weighted by Gasteiger charge is 2.29. The zero-order valence-electron chi connectivity index (χ0n) is 31.0. The molecule has 0 spiro atoms. The Hall–Kier alpha value is -4.69. The van der Waals surface area contributed by atoms with Crippen LogP contribution in [-0.4, -0.2) is 23.0 Å².